The largest absolute Gasteiger partial charge is 0.292 e. The number of halogens is 2. The van der Waals surface area contributed by atoms with Crippen LogP contribution in [0, 0.1) is 0 Å². The Balaban J connectivity index is 2.08. The van der Waals surface area contributed by atoms with Crippen molar-refractivity contribution in [3.8, 4) is 0 Å². The third-order valence-corrected chi connectivity index (χ3v) is 5.89. The molecule has 2 nitrogen and oxygen atoms in total. The van der Waals surface area contributed by atoms with Crippen molar-refractivity contribution in [1.82, 2.24) is 9.88 Å². The van der Waals surface area contributed by atoms with Crippen LogP contribution in [0.3, 0.4) is 0 Å². The maximum Gasteiger partial charge on any atom is 0.110 e. The van der Waals surface area contributed by atoms with Gasteiger partial charge >= 0.3 is 0 Å². The van der Waals surface area contributed by atoms with Gasteiger partial charge < -0.3 is 0 Å². The standard InChI is InChI=1S/C13H16BrClN2S2/c1-3-12(13-16-10(5-15)8-19-13)17(2)6-11-4-9(14)7-18-11/h4,7-8,12H,3,5-6H2,1-2H3. The first-order valence-electron chi connectivity index (χ1n) is 6.07. The highest BCUT2D eigenvalue weighted by Crippen LogP contribution is 2.29. The summed E-state index contributed by atoms with van der Waals surface area (Å²) < 4.78 is 1.16. The van der Waals surface area contributed by atoms with Crippen LogP contribution < -0.4 is 0 Å². The Labute approximate surface area is 135 Å². The zero-order chi connectivity index (χ0) is 13.8. The van der Waals surface area contributed by atoms with Crippen molar-refractivity contribution >= 4 is 50.2 Å². The zero-order valence-corrected chi connectivity index (χ0v) is 14.9. The van der Waals surface area contributed by atoms with Crippen molar-refractivity contribution in [3.63, 3.8) is 0 Å². The van der Waals surface area contributed by atoms with Crippen LogP contribution in [0.2, 0.25) is 0 Å². The van der Waals surface area contributed by atoms with Gasteiger partial charge in [-0.2, -0.15) is 0 Å². The SMILES string of the molecule is CCC(c1nc(CCl)cs1)N(C)Cc1cc(Br)cs1. The normalized spacial score (nSPS) is 13.1. The van der Waals surface area contributed by atoms with Crippen molar-refractivity contribution in [2.75, 3.05) is 7.05 Å². The summed E-state index contributed by atoms with van der Waals surface area (Å²) in [5.74, 6) is 0.495. The first kappa shape index (κ1) is 15.4. The fraction of sp³-hybridized carbons (Fsp3) is 0.462. The number of alkyl halides is 1. The van der Waals surface area contributed by atoms with Crippen LogP contribution in [-0.2, 0) is 12.4 Å². The van der Waals surface area contributed by atoms with E-state index in [1.165, 1.54) is 4.88 Å². The predicted molar refractivity (Wildman–Crippen MR) is 88.2 cm³/mol. The second-order valence-electron chi connectivity index (χ2n) is 4.38. The van der Waals surface area contributed by atoms with Crippen LogP contribution in [0.1, 0.15) is 35.0 Å². The maximum atomic E-state index is 5.83. The van der Waals surface area contributed by atoms with Gasteiger partial charge in [0.1, 0.15) is 5.01 Å². The molecule has 2 rings (SSSR count). The van der Waals surface area contributed by atoms with Gasteiger partial charge in [0.25, 0.3) is 0 Å². The Hall–Kier alpha value is 0.0600. The molecule has 1 unspecified atom stereocenters. The molecule has 0 aliphatic rings. The Morgan fingerprint density at radius 1 is 1.42 bits per heavy atom. The molecule has 2 aromatic rings. The number of thiophene rings is 1. The average molecular weight is 380 g/mol. The number of nitrogens with zero attached hydrogens (tertiary/aromatic N) is 2. The summed E-state index contributed by atoms with van der Waals surface area (Å²) >= 11 is 12.8. The van der Waals surface area contributed by atoms with Crippen molar-refractivity contribution < 1.29 is 0 Å². The third-order valence-electron chi connectivity index (χ3n) is 2.94. The minimum Gasteiger partial charge on any atom is -0.292 e. The Bertz CT molecular complexity index is 526. The fourth-order valence-electron chi connectivity index (χ4n) is 2.00. The Morgan fingerprint density at radius 3 is 2.74 bits per heavy atom. The van der Waals surface area contributed by atoms with Crippen molar-refractivity contribution in [3.05, 3.63) is 36.9 Å². The van der Waals surface area contributed by atoms with Crippen molar-refractivity contribution in [2.24, 2.45) is 0 Å². The molecule has 0 aliphatic carbocycles. The van der Waals surface area contributed by atoms with Crippen LogP contribution in [0.15, 0.2) is 21.3 Å². The molecule has 0 N–H and O–H groups in total. The predicted octanol–water partition coefficient (Wildman–Crippen LogP) is 5.29. The molecule has 0 aliphatic heterocycles. The van der Waals surface area contributed by atoms with E-state index < -0.39 is 0 Å². The molecule has 0 aromatic carbocycles. The van der Waals surface area contributed by atoms with Gasteiger partial charge in [-0.05, 0) is 35.5 Å². The van der Waals surface area contributed by atoms with Gasteiger partial charge in [-0.25, -0.2) is 4.98 Å². The summed E-state index contributed by atoms with van der Waals surface area (Å²) in [6.45, 7) is 3.15. The topological polar surface area (TPSA) is 16.1 Å². The van der Waals surface area contributed by atoms with Crippen LogP contribution in [0.25, 0.3) is 0 Å². The Morgan fingerprint density at radius 2 is 2.21 bits per heavy atom. The van der Waals surface area contributed by atoms with E-state index in [-0.39, 0.29) is 0 Å². The van der Waals surface area contributed by atoms with Gasteiger partial charge in [0.2, 0.25) is 0 Å². The van der Waals surface area contributed by atoms with E-state index in [1.54, 1.807) is 22.7 Å². The first-order chi connectivity index (χ1) is 9.13. The number of rotatable bonds is 6. The average Bonchev–Trinajstić information content (AvgIpc) is 3.00. The van der Waals surface area contributed by atoms with E-state index >= 15 is 0 Å². The molecule has 2 heterocycles. The number of aromatic nitrogens is 1. The fourth-order valence-corrected chi connectivity index (χ4v) is 4.81. The van der Waals surface area contributed by atoms with Crippen LogP contribution in [-0.4, -0.2) is 16.9 Å². The van der Waals surface area contributed by atoms with Gasteiger partial charge in [0.05, 0.1) is 17.6 Å². The van der Waals surface area contributed by atoms with E-state index in [1.807, 2.05) is 0 Å². The highest BCUT2D eigenvalue weighted by atomic mass is 79.9. The molecule has 0 saturated carbocycles. The maximum absolute atomic E-state index is 5.83. The lowest BCUT2D eigenvalue weighted by molar-refractivity contribution is 0.231. The summed E-state index contributed by atoms with van der Waals surface area (Å²) in [5, 5.41) is 5.34. The molecule has 6 heteroatoms. The van der Waals surface area contributed by atoms with E-state index in [2.05, 4.69) is 56.6 Å². The molecule has 0 fully saturated rings. The molecule has 0 saturated heterocycles. The molecule has 0 amide bonds. The number of hydrogen-bond donors (Lipinski definition) is 0. The lowest BCUT2D eigenvalue weighted by Gasteiger charge is -2.24. The van der Waals surface area contributed by atoms with Crippen LogP contribution in [0.5, 0.6) is 0 Å². The van der Waals surface area contributed by atoms with Crippen LogP contribution in [0.4, 0.5) is 0 Å². The summed E-state index contributed by atoms with van der Waals surface area (Å²) in [5.41, 5.74) is 0.979. The molecule has 19 heavy (non-hydrogen) atoms. The van der Waals surface area contributed by atoms with Gasteiger partial charge in [0.15, 0.2) is 0 Å². The van der Waals surface area contributed by atoms with E-state index in [4.69, 9.17) is 11.6 Å². The van der Waals surface area contributed by atoms with Gasteiger partial charge in [-0.3, -0.25) is 4.90 Å². The molecule has 0 radical (unpaired) electrons. The zero-order valence-electron chi connectivity index (χ0n) is 10.9. The van der Waals surface area contributed by atoms with Crippen molar-refractivity contribution in [1.29, 1.82) is 0 Å². The first-order valence-corrected chi connectivity index (χ1v) is 9.16. The number of thiazole rings is 1. The minimum absolute atomic E-state index is 0.364. The third kappa shape index (κ3) is 4.02. The lowest BCUT2D eigenvalue weighted by Crippen LogP contribution is -2.23. The smallest absolute Gasteiger partial charge is 0.110 e. The quantitative estimate of drug-likeness (QED) is 0.634. The molecule has 104 valence electrons. The molecular weight excluding hydrogens is 364 g/mol. The molecule has 1 atom stereocenters. The molecule has 2 aromatic heterocycles. The summed E-state index contributed by atoms with van der Waals surface area (Å²) in [7, 11) is 2.16. The van der Waals surface area contributed by atoms with Crippen molar-refractivity contribution in [2.45, 2.75) is 31.8 Å². The van der Waals surface area contributed by atoms with E-state index in [0.29, 0.717) is 11.9 Å². The lowest BCUT2D eigenvalue weighted by atomic mass is 10.2. The highest BCUT2D eigenvalue weighted by molar-refractivity contribution is 9.10. The van der Waals surface area contributed by atoms with Gasteiger partial charge in [-0.1, -0.05) is 6.92 Å². The van der Waals surface area contributed by atoms with Gasteiger partial charge in [-0.15, -0.1) is 34.3 Å². The summed E-state index contributed by atoms with van der Waals surface area (Å²) in [6.07, 6.45) is 1.05. The van der Waals surface area contributed by atoms with Gasteiger partial charge in [0, 0.05) is 26.7 Å². The second kappa shape index (κ2) is 7.18. The highest BCUT2D eigenvalue weighted by Gasteiger charge is 2.19. The monoisotopic (exact) mass is 378 g/mol. The molecule has 0 spiro atoms. The molecule has 0 bridgehead atoms. The van der Waals surface area contributed by atoms with E-state index in [0.717, 1.165) is 28.1 Å². The molecular formula is C13H16BrClN2S2. The summed E-state index contributed by atoms with van der Waals surface area (Å²) in [4.78, 5) is 8.33. The number of hydrogen-bond acceptors (Lipinski definition) is 4. The Kier molecular flexibility index (Phi) is 5.84. The second-order valence-corrected chi connectivity index (χ2v) is 7.45. The minimum atomic E-state index is 0.364. The van der Waals surface area contributed by atoms with E-state index in [9.17, 15) is 0 Å². The summed E-state index contributed by atoms with van der Waals surface area (Å²) in [6, 6.07) is 2.54. The van der Waals surface area contributed by atoms with Crippen LogP contribution >= 0.6 is 50.2 Å².